The summed E-state index contributed by atoms with van der Waals surface area (Å²) in [7, 11) is 0. The molecule has 0 amide bonds. The first-order valence-electron chi connectivity index (χ1n) is 6.68. The van der Waals surface area contributed by atoms with Crippen LogP contribution in [0.3, 0.4) is 0 Å². The van der Waals surface area contributed by atoms with Gasteiger partial charge >= 0.3 is 0 Å². The molecule has 1 aliphatic rings. The third-order valence-corrected chi connectivity index (χ3v) is 4.08. The number of fused-ring (bicyclic) bond motifs is 2. The lowest BCUT2D eigenvalue weighted by atomic mass is 9.82. The Morgan fingerprint density at radius 2 is 2.19 bits per heavy atom. The van der Waals surface area contributed by atoms with E-state index in [2.05, 4.69) is 15.1 Å². The van der Waals surface area contributed by atoms with E-state index < -0.39 is 0 Å². The number of ketones is 1. The van der Waals surface area contributed by atoms with Crippen LogP contribution < -0.4 is 0 Å². The molecule has 0 radical (unpaired) electrons. The van der Waals surface area contributed by atoms with Gasteiger partial charge in [-0.1, -0.05) is 23.7 Å². The molecule has 0 N–H and O–H groups in total. The second kappa shape index (κ2) is 4.63. The molecule has 4 rings (SSSR count). The summed E-state index contributed by atoms with van der Waals surface area (Å²) in [5, 5.41) is 4.71. The summed E-state index contributed by atoms with van der Waals surface area (Å²) in [4.78, 5) is 20.9. The quantitative estimate of drug-likeness (QED) is 0.693. The van der Waals surface area contributed by atoms with E-state index in [4.69, 9.17) is 11.6 Å². The minimum Gasteiger partial charge on any atom is -0.294 e. The molecule has 2 heterocycles. The fourth-order valence-electron chi connectivity index (χ4n) is 2.82. The molecule has 3 aromatic rings. The summed E-state index contributed by atoms with van der Waals surface area (Å²) >= 11 is 6.04. The van der Waals surface area contributed by atoms with E-state index in [0.717, 1.165) is 11.3 Å². The van der Waals surface area contributed by atoms with Gasteiger partial charge in [-0.05, 0) is 30.0 Å². The van der Waals surface area contributed by atoms with Crippen molar-refractivity contribution in [1.82, 2.24) is 19.6 Å². The predicted molar refractivity (Wildman–Crippen MR) is 77.6 cm³/mol. The lowest BCUT2D eigenvalue weighted by Gasteiger charge is -2.23. The number of hydrogen-bond acceptors (Lipinski definition) is 4. The molecule has 1 atom stereocenters. The zero-order valence-electron chi connectivity index (χ0n) is 11.0. The second-order valence-electron chi connectivity index (χ2n) is 5.19. The average molecular weight is 299 g/mol. The molecule has 0 unspecified atom stereocenters. The smallest absolute Gasteiger partial charge is 0.252 e. The molecular weight excluding hydrogens is 288 g/mol. The van der Waals surface area contributed by atoms with Crippen molar-refractivity contribution in [2.45, 2.75) is 18.8 Å². The highest BCUT2D eigenvalue weighted by molar-refractivity contribution is 6.30. The van der Waals surface area contributed by atoms with Crippen molar-refractivity contribution in [1.29, 1.82) is 0 Å². The highest BCUT2D eigenvalue weighted by Crippen LogP contribution is 2.32. The minimum absolute atomic E-state index is 0.0890. The Morgan fingerprint density at radius 1 is 1.29 bits per heavy atom. The number of carbonyl (C=O) groups is 1. The number of carbonyl (C=O) groups excluding carboxylic acids is 1. The Bertz CT molecular complexity index is 858. The molecule has 6 heteroatoms. The van der Waals surface area contributed by atoms with Crippen molar-refractivity contribution >= 4 is 23.2 Å². The van der Waals surface area contributed by atoms with Gasteiger partial charge in [0.2, 0.25) is 0 Å². The van der Waals surface area contributed by atoms with Crippen LogP contribution in [0.2, 0.25) is 5.02 Å². The topological polar surface area (TPSA) is 60.2 Å². The van der Waals surface area contributed by atoms with Crippen LogP contribution in [0.1, 0.15) is 34.0 Å². The molecule has 0 spiro atoms. The monoisotopic (exact) mass is 298 g/mol. The van der Waals surface area contributed by atoms with Crippen LogP contribution in [-0.4, -0.2) is 25.4 Å². The number of hydrogen-bond donors (Lipinski definition) is 0. The van der Waals surface area contributed by atoms with Crippen molar-refractivity contribution < 1.29 is 4.79 Å². The number of aromatic nitrogens is 4. The van der Waals surface area contributed by atoms with Gasteiger partial charge in [0.1, 0.15) is 6.33 Å². The molecule has 104 valence electrons. The van der Waals surface area contributed by atoms with Crippen molar-refractivity contribution in [2.75, 3.05) is 0 Å². The van der Waals surface area contributed by atoms with E-state index in [1.165, 1.54) is 10.8 Å². The van der Waals surface area contributed by atoms with Crippen LogP contribution in [0.5, 0.6) is 0 Å². The maximum atomic E-state index is 12.4. The standard InChI is InChI=1S/C15H11ClN4O/c16-11-3-1-2-9(4-11)10-5-13-12(14(21)6-10)7-20-15(19-13)17-8-18-20/h1-4,7-8,10H,5-6H2/t10-/m1/s1. The normalized spacial score (nSPS) is 18.0. The van der Waals surface area contributed by atoms with Crippen molar-refractivity contribution in [3.63, 3.8) is 0 Å². The first-order valence-corrected chi connectivity index (χ1v) is 7.06. The summed E-state index contributed by atoms with van der Waals surface area (Å²) in [5.74, 6) is 0.723. The fraction of sp³-hybridized carbons (Fsp3) is 0.200. The van der Waals surface area contributed by atoms with Gasteiger partial charge in [0.25, 0.3) is 5.78 Å². The number of rotatable bonds is 1. The van der Waals surface area contributed by atoms with E-state index in [-0.39, 0.29) is 11.7 Å². The minimum atomic E-state index is 0.0890. The zero-order chi connectivity index (χ0) is 14.4. The first-order chi connectivity index (χ1) is 10.2. The predicted octanol–water partition coefficient (Wildman–Crippen LogP) is 2.69. The highest BCUT2D eigenvalue weighted by Gasteiger charge is 2.28. The first kappa shape index (κ1) is 12.5. The van der Waals surface area contributed by atoms with Gasteiger partial charge in [-0.3, -0.25) is 4.79 Å². The zero-order valence-corrected chi connectivity index (χ0v) is 11.8. The van der Waals surface area contributed by atoms with Gasteiger partial charge in [0.15, 0.2) is 5.78 Å². The third-order valence-electron chi connectivity index (χ3n) is 3.84. The lowest BCUT2D eigenvalue weighted by molar-refractivity contribution is 0.0962. The molecule has 21 heavy (non-hydrogen) atoms. The Hall–Kier alpha value is -2.27. The van der Waals surface area contributed by atoms with E-state index in [1.807, 2.05) is 24.3 Å². The van der Waals surface area contributed by atoms with Crippen LogP contribution in [0.15, 0.2) is 36.8 Å². The Balaban J connectivity index is 1.78. The summed E-state index contributed by atoms with van der Waals surface area (Å²) in [6.45, 7) is 0. The number of halogens is 1. The van der Waals surface area contributed by atoms with Gasteiger partial charge in [0.05, 0.1) is 11.3 Å². The average Bonchev–Trinajstić information content (AvgIpc) is 2.92. The van der Waals surface area contributed by atoms with Crippen molar-refractivity contribution in [3.8, 4) is 0 Å². The molecule has 5 nitrogen and oxygen atoms in total. The molecular formula is C15H11ClN4O. The molecule has 0 saturated heterocycles. The van der Waals surface area contributed by atoms with E-state index in [1.54, 1.807) is 6.20 Å². The SMILES string of the molecule is O=C1C[C@H](c2cccc(Cl)c2)Cc2nc3ncnn3cc21. The molecule has 1 aliphatic carbocycles. The number of benzene rings is 1. The number of nitrogens with zero attached hydrogens (tertiary/aromatic N) is 4. The fourth-order valence-corrected chi connectivity index (χ4v) is 3.02. The lowest BCUT2D eigenvalue weighted by Crippen LogP contribution is -2.21. The summed E-state index contributed by atoms with van der Waals surface area (Å²) in [6.07, 6.45) is 4.34. The Kier molecular flexibility index (Phi) is 2.75. The highest BCUT2D eigenvalue weighted by atomic mass is 35.5. The van der Waals surface area contributed by atoms with Crippen LogP contribution in [0.25, 0.3) is 5.78 Å². The van der Waals surface area contributed by atoms with Gasteiger partial charge < -0.3 is 0 Å². The van der Waals surface area contributed by atoms with Gasteiger partial charge in [-0.15, -0.1) is 0 Å². The van der Waals surface area contributed by atoms with Gasteiger partial charge in [-0.2, -0.15) is 10.1 Å². The van der Waals surface area contributed by atoms with Crippen molar-refractivity contribution in [2.24, 2.45) is 0 Å². The third kappa shape index (κ3) is 2.10. The van der Waals surface area contributed by atoms with Crippen LogP contribution in [-0.2, 0) is 6.42 Å². The molecule has 0 fully saturated rings. The second-order valence-corrected chi connectivity index (χ2v) is 5.63. The summed E-state index contributed by atoms with van der Waals surface area (Å²) in [6, 6.07) is 7.67. The molecule has 0 aliphatic heterocycles. The van der Waals surface area contributed by atoms with E-state index in [0.29, 0.717) is 29.2 Å². The molecule has 0 bridgehead atoms. The Labute approximate surface area is 125 Å². The summed E-state index contributed by atoms with van der Waals surface area (Å²) < 4.78 is 1.54. The van der Waals surface area contributed by atoms with Crippen molar-refractivity contribution in [3.05, 3.63) is 58.6 Å². The molecule has 0 saturated carbocycles. The maximum Gasteiger partial charge on any atom is 0.252 e. The summed E-state index contributed by atoms with van der Waals surface area (Å²) in [5.41, 5.74) is 2.51. The largest absolute Gasteiger partial charge is 0.294 e. The number of Topliss-reactive ketones (excluding diaryl/α,β-unsaturated/α-hetero) is 1. The van der Waals surface area contributed by atoms with Gasteiger partial charge in [0, 0.05) is 17.6 Å². The van der Waals surface area contributed by atoms with Crippen LogP contribution in [0.4, 0.5) is 0 Å². The van der Waals surface area contributed by atoms with Gasteiger partial charge in [-0.25, -0.2) is 9.50 Å². The molecule has 1 aromatic carbocycles. The van der Waals surface area contributed by atoms with E-state index >= 15 is 0 Å². The van der Waals surface area contributed by atoms with Crippen LogP contribution >= 0.6 is 11.6 Å². The Morgan fingerprint density at radius 3 is 3.05 bits per heavy atom. The van der Waals surface area contributed by atoms with E-state index in [9.17, 15) is 4.79 Å². The molecule has 2 aromatic heterocycles. The van der Waals surface area contributed by atoms with Crippen LogP contribution in [0, 0.1) is 0 Å². The maximum absolute atomic E-state index is 12.4.